The SMILES string of the molecule is CCCC[N+](CCCC)(CCCC)CCCC.CN(C)C=O.[Cl-]. The van der Waals surface area contributed by atoms with Gasteiger partial charge in [0.1, 0.15) is 0 Å². The van der Waals surface area contributed by atoms with Gasteiger partial charge in [-0.15, -0.1) is 0 Å². The molecule has 0 heterocycles. The molecule has 0 unspecified atom stereocenters. The van der Waals surface area contributed by atoms with Gasteiger partial charge in [0.2, 0.25) is 6.41 Å². The maximum Gasteiger partial charge on any atom is 0.209 e. The van der Waals surface area contributed by atoms with Crippen molar-refractivity contribution in [2.45, 2.75) is 79.1 Å². The Kier molecular flexibility index (Phi) is 23.7. The molecule has 142 valence electrons. The van der Waals surface area contributed by atoms with Gasteiger partial charge in [0, 0.05) is 14.1 Å². The van der Waals surface area contributed by atoms with E-state index >= 15 is 0 Å². The lowest BCUT2D eigenvalue weighted by atomic mass is 10.1. The Morgan fingerprint density at radius 1 is 0.696 bits per heavy atom. The second-order valence-electron chi connectivity index (χ2n) is 6.72. The summed E-state index contributed by atoms with van der Waals surface area (Å²) in [6.07, 6.45) is 11.8. The van der Waals surface area contributed by atoms with Crippen LogP contribution in [0.4, 0.5) is 0 Å². The summed E-state index contributed by atoms with van der Waals surface area (Å²) in [5, 5.41) is 0. The predicted molar refractivity (Wildman–Crippen MR) is 99.1 cm³/mol. The van der Waals surface area contributed by atoms with Gasteiger partial charge < -0.3 is 21.8 Å². The molecule has 4 heteroatoms. The minimum absolute atomic E-state index is 0. The van der Waals surface area contributed by atoms with E-state index in [2.05, 4.69) is 27.7 Å². The molecule has 0 aromatic heterocycles. The van der Waals surface area contributed by atoms with Crippen LogP contribution in [-0.4, -0.2) is 56.1 Å². The fraction of sp³-hybridized carbons (Fsp3) is 0.947. The number of unbranched alkanes of at least 4 members (excludes halogenated alkanes) is 4. The Labute approximate surface area is 152 Å². The van der Waals surface area contributed by atoms with Crippen molar-refractivity contribution in [3.05, 3.63) is 0 Å². The number of carbonyl (C=O) groups is 1. The van der Waals surface area contributed by atoms with Crippen LogP contribution in [0, 0.1) is 0 Å². The first-order chi connectivity index (χ1) is 10.5. The van der Waals surface area contributed by atoms with Gasteiger partial charge in [0.15, 0.2) is 0 Å². The van der Waals surface area contributed by atoms with Crippen LogP contribution in [0.5, 0.6) is 0 Å². The van der Waals surface area contributed by atoms with Crippen molar-refractivity contribution >= 4 is 6.41 Å². The highest BCUT2D eigenvalue weighted by Gasteiger charge is 2.24. The Hall–Kier alpha value is -0.280. The molecule has 0 saturated carbocycles. The third kappa shape index (κ3) is 17.9. The van der Waals surface area contributed by atoms with E-state index in [1.165, 1.54) is 86.9 Å². The highest BCUT2D eigenvalue weighted by molar-refractivity contribution is 5.45. The monoisotopic (exact) mass is 350 g/mol. The normalized spacial score (nSPS) is 10.3. The topological polar surface area (TPSA) is 20.3 Å². The molecule has 0 radical (unpaired) electrons. The van der Waals surface area contributed by atoms with Crippen molar-refractivity contribution in [1.82, 2.24) is 4.90 Å². The fourth-order valence-corrected chi connectivity index (χ4v) is 2.64. The average molecular weight is 351 g/mol. The van der Waals surface area contributed by atoms with E-state index in [9.17, 15) is 4.79 Å². The minimum Gasteiger partial charge on any atom is -1.00 e. The van der Waals surface area contributed by atoms with Crippen molar-refractivity contribution in [3.8, 4) is 0 Å². The first kappa shape index (κ1) is 27.6. The molecule has 0 bridgehead atoms. The summed E-state index contributed by atoms with van der Waals surface area (Å²) in [7, 11) is 3.38. The van der Waals surface area contributed by atoms with E-state index in [0.717, 1.165) is 6.41 Å². The summed E-state index contributed by atoms with van der Waals surface area (Å²) >= 11 is 0. The summed E-state index contributed by atoms with van der Waals surface area (Å²) < 4.78 is 1.42. The lowest BCUT2D eigenvalue weighted by molar-refractivity contribution is -0.929. The largest absolute Gasteiger partial charge is 1.00 e. The quantitative estimate of drug-likeness (QED) is 0.366. The van der Waals surface area contributed by atoms with Gasteiger partial charge in [0.05, 0.1) is 26.2 Å². The minimum atomic E-state index is 0. The van der Waals surface area contributed by atoms with E-state index in [1.54, 1.807) is 14.1 Å². The number of halogens is 1. The van der Waals surface area contributed by atoms with Crippen LogP contribution >= 0.6 is 0 Å². The van der Waals surface area contributed by atoms with Crippen molar-refractivity contribution < 1.29 is 21.7 Å². The van der Waals surface area contributed by atoms with Crippen molar-refractivity contribution in [1.29, 1.82) is 0 Å². The second kappa shape index (κ2) is 19.8. The van der Waals surface area contributed by atoms with E-state index in [1.807, 2.05) is 0 Å². The van der Waals surface area contributed by atoms with E-state index in [-0.39, 0.29) is 12.4 Å². The summed E-state index contributed by atoms with van der Waals surface area (Å²) in [5.41, 5.74) is 0. The maximum absolute atomic E-state index is 9.43. The van der Waals surface area contributed by atoms with Crippen LogP contribution in [-0.2, 0) is 4.79 Å². The van der Waals surface area contributed by atoms with Crippen molar-refractivity contribution in [3.63, 3.8) is 0 Å². The Morgan fingerprint density at radius 2 is 0.913 bits per heavy atom. The molecule has 0 aliphatic heterocycles. The zero-order chi connectivity index (χ0) is 17.3. The zero-order valence-electron chi connectivity index (χ0n) is 16.7. The molecule has 1 amide bonds. The van der Waals surface area contributed by atoms with Crippen LogP contribution < -0.4 is 12.4 Å². The van der Waals surface area contributed by atoms with E-state index in [0.29, 0.717) is 0 Å². The molecule has 0 rings (SSSR count). The molecule has 23 heavy (non-hydrogen) atoms. The fourth-order valence-electron chi connectivity index (χ4n) is 2.64. The van der Waals surface area contributed by atoms with Crippen LogP contribution in [0.2, 0.25) is 0 Å². The number of hydrogen-bond donors (Lipinski definition) is 0. The van der Waals surface area contributed by atoms with Crippen LogP contribution in [0.15, 0.2) is 0 Å². The number of carbonyl (C=O) groups excluding carboxylic acids is 1. The standard InChI is InChI=1S/C16H36N.C3H7NO.ClH/c1-5-9-13-17(14-10-6-2,15-11-7-3)16-12-8-4;1-4(2)3-5;/h5-16H2,1-4H3;3H,1-2H3;1H/q+1;;/p-1. The summed E-state index contributed by atoms with van der Waals surface area (Å²) in [4.78, 5) is 10.9. The number of nitrogens with zero attached hydrogens (tertiary/aromatic N) is 2. The predicted octanol–water partition coefficient (Wildman–Crippen LogP) is 1.71. The van der Waals surface area contributed by atoms with Gasteiger partial charge in [-0.3, -0.25) is 4.79 Å². The number of hydrogen-bond acceptors (Lipinski definition) is 1. The molecule has 0 atom stereocenters. The first-order valence-corrected chi connectivity index (χ1v) is 9.48. The van der Waals surface area contributed by atoms with Crippen LogP contribution in [0.1, 0.15) is 79.1 Å². The van der Waals surface area contributed by atoms with Gasteiger partial charge in [-0.05, 0) is 25.7 Å². The Morgan fingerprint density at radius 3 is 1.04 bits per heavy atom. The summed E-state index contributed by atoms with van der Waals surface area (Å²) in [6.45, 7) is 15.0. The van der Waals surface area contributed by atoms with E-state index in [4.69, 9.17) is 0 Å². The number of quaternary nitrogens is 1. The molecular weight excluding hydrogens is 308 g/mol. The Balaban J connectivity index is -0.000000578. The zero-order valence-corrected chi connectivity index (χ0v) is 17.5. The lowest BCUT2D eigenvalue weighted by Crippen LogP contribution is -3.00. The van der Waals surface area contributed by atoms with Gasteiger partial charge >= 0.3 is 0 Å². The molecule has 0 N–H and O–H groups in total. The van der Waals surface area contributed by atoms with Crippen LogP contribution in [0.3, 0.4) is 0 Å². The number of amides is 1. The van der Waals surface area contributed by atoms with Gasteiger partial charge in [-0.25, -0.2) is 0 Å². The van der Waals surface area contributed by atoms with Gasteiger partial charge in [-0.1, -0.05) is 53.4 Å². The van der Waals surface area contributed by atoms with Crippen molar-refractivity contribution in [2.75, 3.05) is 40.3 Å². The second-order valence-corrected chi connectivity index (χ2v) is 6.72. The van der Waals surface area contributed by atoms with Crippen molar-refractivity contribution in [2.24, 2.45) is 0 Å². The highest BCUT2D eigenvalue weighted by Crippen LogP contribution is 2.16. The molecule has 0 fully saturated rings. The van der Waals surface area contributed by atoms with E-state index < -0.39 is 0 Å². The van der Waals surface area contributed by atoms with Gasteiger partial charge in [0.25, 0.3) is 0 Å². The summed E-state index contributed by atoms with van der Waals surface area (Å²) in [6, 6.07) is 0. The summed E-state index contributed by atoms with van der Waals surface area (Å²) in [5.74, 6) is 0. The molecule has 0 aromatic rings. The van der Waals surface area contributed by atoms with Crippen LogP contribution in [0.25, 0.3) is 0 Å². The molecule has 0 aliphatic rings. The number of rotatable bonds is 13. The molecule has 0 saturated heterocycles. The smallest absolute Gasteiger partial charge is 0.209 e. The maximum atomic E-state index is 9.43. The highest BCUT2D eigenvalue weighted by atomic mass is 35.5. The molecular formula is C19H43ClN2O. The Bertz CT molecular complexity index is 198. The molecule has 0 spiro atoms. The lowest BCUT2D eigenvalue weighted by Gasteiger charge is -2.39. The molecule has 0 aliphatic carbocycles. The van der Waals surface area contributed by atoms with Gasteiger partial charge in [-0.2, -0.15) is 0 Å². The third-order valence-corrected chi connectivity index (χ3v) is 4.15. The third-order valence-electron chi connectivity index (χ3n) is 4.15. The molecule has 0 aromatic carbocycles. The average Bonchev–Trinajstić information content (AvgIpc) is 2.54. The molecule has 3 nitrogen and oxygen atoms in total. The first-order valence-electron chi connectivity index (χ1n) is 9.48.